The van der Waals surface area contributed by atoms with Gasteiger partial charge in [-0.3, -0.25) is 4.79 Å². The molecule has 0 aliphatic rings. The molecular weight excluding hydrogens is 240 g/mol. The Morgan fingerprint density at radius 2 is 1.84 bits per heavy atom. The summed E-state index contributed by atoms with van der Waals surface area (Å²) in [6.07, 6.45) is 0. The lowest BCUT2D eigenvalue weighted by atomic mass is 10.1. The molecule has 0 atom stereocenters. The molecule has 2 rings (SSSR count). The minimum Gasteiger partial charge on any atom is -0.496 e. The molecule has 0 spiro atoms. The third kappa shape index (κ3) is 3.35. The average molecular weight is 256 g/mol. The van der Waals surface area contributed by atoms with E-state index >= 15 is 0 Å². The lowest BCUT2D eigenvalue weighted by Gasteiger charge is -2.09. The van der Waals surface area contributed by atoms with Gasteiger partial charge in [-0.2, -0.15) is 0 Å². The van der Waals surface area contributed by atoms with Gasteiger partial charge >= 0.3 is 0 Å². The number of carbonyl (C=O) groups is 1. The smallest absolute Gasteiger partial charge is 0.203 e. The summed E-state index contributed by atoms with van der Waals surface area (Å²) >= 11 is 0. The molecule has 0 bridgehead atoms. The summed E-state index contributed by atoms with van der Waals surface area (Å²) < 4.78 is 10.7. The van der Waals surface area contributed by atoms with Gasteiger partial charge in [0.2, 0.25) is 5.78 Å². The SMILES string of the molecule is COc1ccc(C)cc1C(=O)COc1ccccc1. The second-order valence-electron chi connectivity index (χ2n) is 4.23. The van der Waals surface area contributed by atoms with E-state index in [1.54, 1.807) is 13.2 Å². The van der Waals surface area contributed by atoms with Crippen LogP contribution in [0.2, 0.25) is 0 Å². The van der Waals surface area contributed by atoms with Crippen molar-refractivity contribution in [3.05, 3.63) is 59.7 Å². The van der Waals surface area contributed by atoms with E-state index in [4.69, 9.17) is 9.47 Å². The van der Waals surface area contributed by atoms with Crippen LogP contribution in [0.3, 0.4) is 0 Å². The summed E-state index contributed by atoms with van der Waals surface area (Å²) in [5, 5.41) is 0. The van der Waals surface area contributed by atoms with Crippen molar-refractivity contribution in [2.45, 2.75) is 6.92 Å². The Morgan fingerprint density at radius 3 is 2.53 bits per heavy atom. The van der Waals surface area contributed by atoms with Crippen LogP contribution in [0.5, 0.6) is 11.5 Å². The normalized spacial score (nSPS) is 10.0. The van der Waals surface area contributed by atoms with Gasteiger partial charge in [-0.15, -0.1) is 0 Å². The van der Waals surface area contributed by atoms with Gasteiger partial charge in [0, 0.05) is 0 Å². The number of methoxy groups -OCH3 is 1. The molecule has 0 radical (unpaired) electrons. The van der Waals surface area contributed by atoms with Crippen molar-refractivity contribution < 1.29 is 14.3 Å². The highest BCUT2D eigenvalue weighted by molar-refractivity contribution is 5.99. The number of rotatable bonds is 5. The van der Waals surface area contributed by atoms with Gasteiger partial charge in [-0.05, 0) is 31.2 Å². The Kier molecular flexibility index (Phi) is 4.18. The summed E-state index contributed by atoms with van der Waals surface area (Å²) in [4.78, 5) is 12.1. The Morgan fingerprint density at radius 1 is 1.11 bits per heavy atom. The minimum absolute atomic E-state index is 0.00380. The van der Waals surface area contributed by atoms with Crippen molar-refractivity contribution in [2.75, 3.05) is 13.7 Å². The zero-order valence-corrected chi connectivity index (χ0v) is 11.1. The molecule has 0 heterocycles. The number of hydrogen-bond donors (Lipinski definition) is 0. The lowest BCUT2D eigenvalue weighted by Crippen LogP contribution is -2.13. The third-order valence-electron chi connectivity index (χ3n) is 2.77. The quantitative estimate of drug-likeness (QED) is 0.770. The zero-order valence-electron chi connectivity index (χ0n) is 11.1. The molecule has 98 valence electrons. The average Bonchev–Trinajstić information content (AvgIpc) is 2.46. The number of benzene rings is 2. The molecule has 0 amide bonds. The third-order valence-corrected chi connectivity index (χ3v) is 2.77. The summed E-state index contributed by atoms with van der Waals surface area (Å²) in [6, 6.07) is 14.8. The first-order chi connectivity index (χ1) is 9.20. The molecule has 0 aliphatic heterocycles. The number of ketones is 1. The standard InChI is InChI=1S/C16H16O3/c1-12-8-9-16(18-2)14(10-12)15(17)11-19-13-6-4-3-5-7-13/h3-10H,11H2,1-2H3. The Labute approximate surface area is 112 Å². The molecule has 0 unspecified atom stereocenters. The maximum absolute atomic E-state index is 12.1. The van der Waals surface area contributed by atoms with Crippen LogP contribution in [0.4, 0.5) is 0 Å². The van der Waals surface area contributed by atoms with Crippen LogP contribution < -0.4 is 9.47 Å². The summed E-state index contributed by atoms with van der Waals surface area (Å²) in [7, 11) is 1.56. The van der Waals surface area contributed by atoms with Crippen LogP contribution in [0, 0.1) is 6.92 Å². The fourth-order valence-electron chi connectivity index (χ4n) is 1.78. The molecular formula is C16H16O3. The molecule has 0 saturated carbocycles. The molecule has 0 aromatic heterocycles. The topological polar surface area (TPSA) is 35.5 Å². The predicted octanol–water partition coefficient (Wildman–Crippen LogP) is 3.27. The summed E-state index contributed by atoms with van der Waals surface area (Å²) in [5.41, 5.74) is 1.57. The second-order valence-corrected chi connectivity index (χ2v) is 4.23. The molecule has 19 heavy (non-hydrogen) atoms. The highest BCUT2D eigenvalue weighted by Crippen LogP contribution is 2.20. The Balaban J connectivity index is 2.10. The molecule has 0 fully saturated rings. The van der Waals surface area contributed by atoms with E-state index in [1.807, 2.05) is 49.4 Å². The second kappa shape index (κ2) is 6.05. The number of para-hydroxylation sites is 1. The van der Waals surface area contributed by atoms with Gasteiger partial charge in [0.15, 0.2) is 6.61 Å². The van der Waals surface area contributed by atoms with Crippen LogP contribution in [-0.2, 0) is 0 Å². The minimum atomic E-state index is -0.0931. The molecule has 3 heteroatoms. The van der Waals surface area contributed by atoms with Crippen LogP contribution in [-0.4, -0.2) is 19.5 Å². The number of hydrogen-bond acceptors (Lipinski definition) is 3. The van der Waals surface area contributed by atoms with E-state index < -0.39 is 0 Å². The molecule has 0 N–H and O–H groups in total. The van der Waals surface area contributed by atoms with Crippen LogP contribution in [0.1, 0.15) is 15.9 Å². The highest BCUT2D eigenvalue weighted by atomic mass is 16.5. The lowest BCUT2D eigenvalue weighted by molar-refractivity contribution is 0.0918. The number of ether oxygens (including phenoxy) is 2. The van der Waals surface area contributed by atoms with E-state index in [0.717, 1.165) is 5.56 Å². The van der Waals surface area contributed by atoms with Crippen molar-refractivity contribution in [3.63, 3.8) is 0 Å². The van der Waals surface area contributed by atoms with Gasteiger partial charge in [0.25, 0.3) is 0 Å². The number of Topliss-reactive ketones (excluding diaryl/α,β-unsaturated/α-hetero) is 1. The number of carbonyl (C=O) groups excluding carboxylic acids is 1. The van der Waals surface area contributed by atoms with Gasteiger partial charge in [0.05, 0.1) is 12.7 Å². The van der Waals surface area contributed by atoms with Gasteiger partial charge in [0.1, 0.15) is 11.5 Å². The van der Waals surface area contributed by atoms with Crippen LogP contribution in [0.15, 0.2) is 48.5 Å². The predicted molar refractivity (Wildman–Crippen MR) is 74.0 cm³/mol. The molecule has 3 nitrogen and oxygen atoms in total. The van der Waals surface area contributed by atoms with Gasteiger partial charge in [-0.1, -0.05) is 29.8 Å². The van der Waals surface area contributed by atoms with E-state index in [1.165, 1.54) is 0 Å². The van der Waals surface area contributed by atoms with Crippen molar-refractivity contribution in [2.24, 2.45) is 0 Å². The molecule has 0 aliphatic carbocycles. The number of aryl methyl sites for hydroxylation is 1. The first-order valence-corrected chi connectivity index (χ1v) is 6.06. The maximum atomic E-state index is 12.1. The van der Waals surface area contributed by atoms with Crippen molar-refractivity contribution in [1.29, 1.82) is 0 Å². The first-order valence-electron chi connectivity index (χ1n) is 6.06. The monoisotopic (exact) mass is 256 g/mol. The van der Waals surface area contributed by atoms with Crippen molar-refractivity contribution >= 4 is 5.78 Å². The van der Waals surface area contributed by atoms with Crippen LogP contribution >= 0.6 is 0 Å². The van der Waals surface area contributed by atoms with E-state index in [-0.39, 0.29) is 12.4 Å². The van der Waals surface area contributed by atoms with E-state index in [2.05, 4.69) is 0 Å². The van der Waals surface area contributed by atoms with E-state index in [9.17, 15) is 4.79 Å². The summed E-state index contributed by atoms with van der Waals surface area (Å²) in [6.45, 7) is 1.94. The molecule has 2 aromatic carbocycles. The van der Waals surface area contributed by atoms with Gasteiger partial charge in [-0.25, -0.2) is 0 Å². The van der Waals surface area contributed by atoms with Crippen molar-refractivity contribution in [3.8, 4) is 11.5 Å². The van der Waals surface area contributed by atoms with E-state index in [0.29, 0.717) is 17.1 Å². The maximum Gasteiger partial charge on any atom is 0.203 e. The highest BCUT2D eigenvalue weighted by Gasteiger charge is 2.13. The fourth-order valence-corrected chi connectivity index (χ4v) is 1.78. The zero-order chi connectivity index (χ0) is 13.7. The fraction of sp³-hybridized carbons (Fsp3) is 0.188. The van der Waals surface area contributed by atoms with Crippen LogP contribution in [0.25, 0.3) is 0 Å². The molecule has 2 aromatic rings. The summed E-state index contributed by atoms with van der Waals surface area (Å²) in [5.74, 6) is 1.17. The largest absolute Gasteiger partial charge is 0.496 e. The van der Waals surface area contributed by atoms with Crippen molar-refractivity contribution in [1.82, 2.24) is 0 Å². The Bertz CT molecular complexity index is 561. The first kappa shape index (κ1) is 13.1. The van der Waals surface area contributed by atoms with Gasteiger partial charge < -0.3 is 9.47 Å². The Hall–Kier alpha value is -2.29. The molecule has 0 saturated heterocycles.